The first-order chi connectivity index (χ1) is 16.1. The standard InChI is InChI=1S/C28H21N3O2/c1-30-15-16(17-8-6-7-13-22(17)30)14-29-31-27(32)25-23-18-9-2-3-10-19(18)24(26(25)28(31)33)21-12-5-4-11-20(21)23/h2-15,23-26H,1H3/b29-14-/t23?,24?,25-,26+. The molecule has 4 aromatic rings. The number of nitrogens with zero attached hydrogens (tertiary/aromatic N) is 3. The number of aromatic nitrogens is 1. The number of para-hydroxylation sites is 1. The second kappa shape index (κ2) is 6.51. The fourth-order valence-electron chi connectivity index (χ4n) is 6.37. The number of amides is 2. The summed E-state index contributed by atoms with van der Waals surface area (Å²) in [5.74, 6) is -1.42. The molecule has 2 atom stereocenters. The van der Waals surface area contributed by atoms with Crippen molar-refractivity contribution < 1.29 is 9.59 Å². The minimum atomic E-state index is -0.406. The number of hydrogen-bond acceptors (Lipinski definition) is 3. The van der Waals surface area contributed by atoms with Crippen LogP contribution in [0.2, 0.25) is 0 Å². The van der Waals surface area contributed by atoms with Gasteiger partial charge in [0.05, 0.1) is 18.1 Å². The van der Waals surface area contributed by atoms with Crippen LogP contribution in [0.5, 0.6) is 0 Å². The van der Waals surface area contributed by atoms with Crippen molar-refractivity contribution in [3.05, 3.63) is 107 Å². The number of benzene rings is 3. The first-order valence-corrected chi connectivity index (χ1v) is 11.3. The highest BCUT2D eigenvalue weighted by Gasteiger charge is 2.61. The smallest absolute Gasteiger partial charge is 0.254 e. The Bertz CT molecular complexity index is 1400. The molecule has 160 valence electrons. The molecule has 0 unspecified atom stereocenters. The summed E-state index contributed by atoms with van der Waals surface area (Å²) in [4.78, 5) is 27.3. The van der Waals surface area contributed by atoms with E-state index >= 15 is 0 Å². The molecule has 0 spiro atoms. The van der Waals surface area contributed by atoms with Crippen LogP contribution in [0.4, 0.5) is 0 Å². The van der Waals surface area contributed by atoms with E-state index in [1.54, 1.807) is 6.21 Å². The summed E-state index contributed by atoms with van der Waals surface area (Å²) >= 11 is 0. The van der Waals surface area contributed by atoms with Gasteiger partial charge in [0, 0.05) is 41.5 Å². The predicted octanol–water partition coefficient (Wildman–Crippen LogP) is 4.40. The lowest BCUT2D eigenvalue weighted by molar-refractivity contribution is -0.139. The van der Waals surface area contributed by atoms with Gasteiger partial charge in [-0.25, -0.2) is 0 Å². The fraction of sp³-hybridized carbons (Fsp3) is 0.179. The number of imide groups is 1. The number of carbonyl (C=O) groups excluding carboxylic acids is 2. The van der Waals surface area contributed by atoms with E-state index in [-0.39, 0.29) is 23.7 Å². The summed E-state index contributed by atoms with van der Waals surface area (Å²) in [6.07, 6.45) is 3.62. The zero-order valence-corrected chi connectivity index (χ0v) is 18.1. The zero-order valence-electron chi connectivity index (χ0n) is 18.1. The topological polar surface area (TPSA) is 54.7 Å². The summed E-state index contributed by atoms with van der Waals surface area (Å²) in [6.45, 7) is 0. The summed E-state index contributed by atoms with van der Waals surface area (Å²) in [5, 5.41) is 6.64. The van der Waals surface area contributed by atoms with E-state index in [1.807, 2.05) is 66.3 Å². The maximum atomic E-state index is 13.6. The van der Waals surface area contributed by atoms with Crippen molar-refractivity contribution in [1.82, 2.24) is 9.58 Å². The van der Waals surface area contributed by atoms with Crippen LogP contribution in [0.1, 0.15) is 39.7 Å². The quantitative estimate of drug-likeness (QED) is 0.349. The van der Waals surface area contributed by atoms with Gasteiger partial charge in [0.1, 0.15) is 0 Å². The summed E-state index contributed by atoms with van der Waals surface area (Å²) in [5.41, 5.74) is 6.65. The Morgan fingerprint density at radius 1 is 0.727 bits per heavy atom. The van der Waals surface area contributed by atoms with Crippen LogP contribution < -0.4 is 0 Å². The van der Waals surface area contributed by atoms with E-state index < -0.39 is 11.8 Å². The Balaban J connectivity index is 1.33. The van der Waals surface area contributed by atoms with Crippen molar-refractivity contribution in [2.75, 3.05) is 0 Å². The molecule has 0 N–H and O–H groups in total. The molecule has 2 bridgehead atoms. The molecule has 0 radical (unpaired) electrons. The third-order valence-electron chi connectivity index (χ3n) is 7.67. The van der Waals surface area contributed by atoms with Crippen LogP contribution in [-0.4, -0.2) is 27.6 Å². The molecule has 33 heavy (non-hydrogen) atoms. The van der Waals surface area contributed by atoms with Crippen LogP contribution in [0, 0.1) is 11.8 Å². The Morgan fingerprint density at radius 3 is 1.76 bits per heavy atom. The van der Waals surface area contributed by atoms with Crippen LogP contribution in [-0.2, 0) is 16.6 Å². The molecule has 2 heterocycles. The number of hydrazone groups is 1. The van der Waals surface area contributed by atoms with Gasteiger partial charge in [0.25, 0.3) is 11.8 Å². The van der Waals surface area contributed by atoms with Crippen LogP contribution in [0.15, 0.2) is 84.1 Å². The SMILES string of the molecule is Cn1cc(/C=N\N2C(=O)[C@@H]3C4c5ccccc5C(c5ccccc54)[C@@H]3C2=O)c2ccccc21. The Hall–Kier alpha value is -3.99. The van der Waals surface area contributed by atoms with Gasteiger partial charge in [0.15, 0.2) is 0 Å². The van der Waals surface area contributed by atoms with Crippen LogP contribution >= 0.6 is 0 Å². The van der Waals surface area contributed by atoms with Crippen molar-refractivity contribution in [2.24, 2.45) is 24.0 Å². The number of hydrogen-bond donors (Lipinski definition) is 0. The third kappa shape index (κ3) is 2.34. The highest BCUT2D eigenvalue weighted by Crippen LogP contribution is 2.60. The molecule has 1 aromatic heterocycles. The molecule has 1 saturated heterocycles. The summed E-state index contributed by atoms with van der Waals surface area (Å²) in [6, 6.07) is 24.6. The highest BCUT2D eigenvalue weighted by molar-refractivity contribution is 6.08. The van der Waals surface area contributed by atoms with Crippen molar-refractivity contribution >= 4 is 28.9 Å². The molecule has 5 nitrogen and oxygen atoms in total. The van der Waals surface area contributed by atoms with E-state index in [0.717, 1.165) is 21.5 Å². The third-order valence-corrected chi connectivity index (χ3v) is 7.67. The number of fused-ring (bicyclic) bond motifs is 1. The Labute approximate surface area is 190 Å². The number of rotatable bonds is 2. The Kier molecular flexibility index (Phi) is 3.67. The first kappa shape index (κ1) is 18.6. The molecule has 8 rings (SSSR count). The van der Waals surface area contributed by atoms with Gasteiger partial charge in [-0.1, -0.05) is 66.7 Å². The normalized spacial score (nSPS) is 25.1. The lowest BCUT2D eigenvalue weighted by Crippen LogP contribution is -2.41. The molecule has 0 saturated carbocycles. The fourth-order valence-corrected chi connectivity index (χ4v) is 6.37. The van der Waals surface area contributed by atoms with Gasteiger partial charge in [-0.2, -0.15) is 10.1 Å². The highest BCUT2D eigenvalue weighted by atomic mass is 16.2. The van der Waals surface area contributed by atoms with E-state index in [0.29, 0.717) is 0 Å². The molecule has 3 aromatic carbocycles. The minimum absolute atomic E-state index is 0.110. The number of aryl methyl sites for hydroxylation is 1. The van der Waals surface area contributed by atoms with Crippen molar-refractivity contribution in [3.8, 4) is 0 Å². The van der Waals surface area contributed by atoms with Crippen molar-refractivity contribution in [1.29, 1.82) is 0 Å². The van der Waals surface area contributed by atoms with Gasteiger partial charge in [-0.05, 0) is 28.3 Å². The monoisotopic (exact) mass is 431 g/mol. The van der Waals surface area contributed by atoms with Gasteiger partial charge in [-0.15, -0.1) is 0 Å². The van der Waals surface area contributed by atoms with E-state index in [1.165, 1.54) is 22.3 Å². The lowest BCUT2D eigenvalue weighted by Gasteiger charge is -2.45. The average molecular weight is 431 g/mol. The summed E-state index contributed by atoms with van der Waals surface area (Å²) < 4.78 is 2.03. The van der Waals surface area contributed by atoms with Crippen LogP contribution in [0.25, 0.3) is 10.9 Å². The second-order valence-corrected chi connectivity index (χ2v) is 9.21. The molecule has 4 aliphatic rings. The van der Waals surface area contributed by atoms with Crippen molar-refractivity contribution in [2.45, 2.75) is 11.8 Å². The molecule has 1 fully saturated rings. The average Bonchev–Trinajstić information content (AvgIpc) is 3.31. The van der Waals surface area contributed by atoms with Gasteiger partial charge in [-0.3, -0.25) is 9.59 Å². The van der Waals surface area contributed by atoms with Crippen molar-refractivity contribution in [3.63, 3.8) is 0 Å². The largest absolute Gasteiger partial charge is 0.350 e. The minimum Gasteiger partial charge on any atom is -0.350 e. The zero-order chi connectivity index (χ0) is 22.3. The summed E-state index contributed by atoms with van der Waals surface area (Å²) in [7, 11) is 1.98. The Morgan fingerprint density at radius 2 is 1.21 bits per heavy atom. The van der Waals surface area contributed by atoms with E-state index in [4.69, 9.17) is 0 Å². The van der Waals surface area contributed by atoms with Gasteiger partial charge in [0.2, 0.25) is 0 Å². The molecule has 1 aliphatic heterocycles. The van der Waals surface area contributed by atoms with E-state index in [9.17, 15) is 9.59 Å². The molecule has 2 amide bonds. The van der Waals surface area contributed by atoms with Gasteiger partial charge < -0.3 is 4.57 Å². The van der Waals surface area contributed by atoms with Crippen LogP contribution in [0.3, 0.4) is 0 Å². The predicted molar refractivity (Wildman–Crippen MR) is 126 cm³/mol. The second-order valence-electron chi connectivity index (χ2n) is 9.21. The molecule has 5 heteroatoms. The molecular formula is C28H21N3O2. The maximum absolute atomic E-state index is 13.6. The number of carbonyl (C=O) groups is 2. The van der Waals surface area contributed by atoms with E-state index in [2.05, 4.69) is 29.4 Å². The first-order valence-electron chi connectivity index (χ1n) is 11.3. The molecule has 3 aliphatic carbocycles. The molecular weight excluding hydrogens is 410 g/mol. The van der Waals surface area contributed by atoms with Gasteiger partial charge >= 0.3 is 0 Å². The lowest BCUT2D eigenvalue weighted by atomic mass is 9.55. The maximum Gasteiger partial charge on any atom is 0.254 e.